The molecule has 0 aromatic heterocycles. The molecular formula is C12H14Cl2O5. The average molecular weight is 309 g/mol. The number of carboxylic acids is 2. The number of benzene rings is 1. The van der Waals surface area contributed by atoms with Gasteiger partial charge >= 0.3 is 11.9 Å². The zero-order valence-electron chi connectivity index (χ0n) is 10.4. The average Bonchev–Trinajstić information content (AvgIpc) is 2.33. The van der Waals surface area contributed by atoms with E-state index in [9.17, 15) is 9.59 Å². The van der Waals surface area contributed by atoms with Crippen LogP contribution in [-0.4, -0.2) is 28.3 Å². The zero-order chi connectivity index (χ0) is 15.0. The largest absolute Gasteiger partial charge is 0.481 e. The van der Waals surface area contributed by atoms with E-state index >= 15 is 0 Å². The van der Waals surface area contributed by atoms with E-state index in [1.165, 1.54) is 19.1 Å². The van der Waals surface area contributed by atoms with Crippen molar-refractivity contribution in [2.45, 2.75) is 26.4 Å². The van der Waals surface area contributed by atoms with E-state index in [4.69, 9.17) is 38.2 Å². The van der Waals surface area contributed by atoms with Crippen molar-refractivity contribution < 1.29 is 24.5 Å². The standard InChI is InChI=1S/C9H8Cl2O3.C3H6O2/c1-5(9(12)13)14-8-3-2-6(10)4-7(8)11;1-2-3(4)5/h2-5H,1H3,(H,12,13);2H2,1H3,(H,4,5). The summed E-state index contributed by atoms with van der Waals surface area (Å²) in [6.07, 6.45) is -0.714. The van der Waals surface area contributed by atoms with E-state index in [2.05, 4.69) is 0 Å². The summed E-state index contributed by atoms with van der Waals surface area (Å²) in [4.78, 5) is 19.9. The monoisotopic (exact) mass is 308 g/mol. The van der Waals surface area contributed by atoms with Crippen molar-refractivity contribution in [2.75, 3.05) is 0 Å². The second-order valence-electron chi connectivity index (χ2n) is 3.42. The highest BCUT2D eigenvalue weighted by Crippen LogP contribution is 2.28. The van der Waals surface area contributed by atoms with Gasteiger partial charge in [-0.25, -0.2) is 4.79 Å². The Morgan fingerprint density at radius 3 is 2.21 bits per heavy atom. The first-order valence-corrected chi connectivity index (χ1v) is 6.09. The van der Waals surface area contributed by atoms with Gasteiger partial charge < -0.3 is 14.9 Å². The number of aliphatic carboxylic acids is 2. The fourth-order valence-corrected chi connectivity index (χ4v) is 1.26. The van der Waals surface area contributed by atoms with Gasteiger partial charge in [-0.05, 0) is 25.1 Å². The van der Waals surface area contributed by atoms with Gasteiger partial charge in [-0.3, -0.25) is 4.79 Å². The van der Waals surface area contributed by atoms with Crippen LogP contribution in [0.5, 0.6) is 5.75 Å². The Morgan fingerprint density at radius 1 is 1.32 bits per heavy atom. The van der Waals surface area contributed by atoms with Gasteiger partial charge in [0.15, 0.2) is 6.10 Å². The van der Waals surface area contributed by atoms with Crippen LogP contribution in [0.25, 0.3) is 0 Å². The summed E-state index contributed by atoms with van der Waals surface area (Å²) < 4.78 is 5.07. The highest BCUT2D eigenvalue weighted by Gasteiger charge is 2.14. The normalized spacial score (nSPS) is 10.9. The molecule has 19 heavy (non-hydrogen) atoms. The minimum atomic E-state index is -1.05. The molecule has 1 atom stereocenters. The van der Waals surface area contributed by atoms with Gasteiger partial charge in [0.1, 0.15) is 5.75 Å². The minimum Gasteiger partial charge on any atom is -0.481 e. The first-order chi connectivity index (χ1) is 8.77. The predicted molar refractivity (Wildman–Crippen MR) is 72.1 cm³/mol. The van der Waals surface area contributed by atoms with Crippen molar-refractivity contribution in [1.29, 1.82) is 0 Å². The predicted octanol–water partition coefficient (Wildman–Crippen LogP) is 3.33. The second kappa shape index (κ2) is 8.61. The van der Waals surface area contributed by atoms with E-state index in [0.29, 0.717) is 15.8 Å². The first kappa shape index (κ1) is 17.5. The third kappa shape index (κ3) is 7.54. The van der Waals surface area contributed by atoms with Crippen LogP contribution >= 0.6 is 23.2 Å². The lowest BCUT2D eigenvalue weighted by Crippen LogP contribution is -2.22. The number of hydrogen-bond acceptors (Lipinski definition) is 3. The summed E-state index contributed by atoms with van der Waals surface area (Å²) in [5, 5.41) is 17.1. The molecule has 0 saturated carbocycles. The van der Waals surface area contributed by atoms with Gasteiger partial charge in [0, 0.05) is 11.4 Å². The van der Waals surface area contributed by atoms with Crippen molar-refractivity contribution in [3.05, 3.63) is 28.2 Å². The molecule has 2 N–H and O–H groups in total. The summed E-state index contributed by atoms with van der Waals surface area (Å²) in [7, 11) is 0. The van der Waals surface area contributed by atoms with Gasteiger partial charge in [0.2, 0.25) is 0 Å². The highest BCUT2D eigenvalue weighted by molar-refractivity contribution is 6.35. The maximum absolute atomic E-state index is 10.5. The number of halogens is 2. The lowest BCUT2D eigenvalue weighted by molar-refractivity contribution is -0.144. The number of carbonyl (C=O) groups is 2. The summed E-state index contributed by atoms with van der Waals surface area (Å²) in [5.74, 6) is -1.48. The van der Waals surface area contributed by atoms with Gasteiger partial charge in [-0.1, -0.05) is 30.1 Å². The summed E-state index contributed by atoms with van der Waals surface area (Å²) >= 11 is 11.4. The molecular weight excluding hydrogens is 295 g/mol. The molecule has 106 valence electrons. The van der Waals surface area contributed by atoms with E-state index in [-0.39, 0.29) is 6.42 Å². The minimum absolute atomic E-state index is 0.222. The van der Waals surface area contributed by atoms with Crippen LogP contribution in [-0.2, 0) is 9.59 Å². The Kier molecular flexibility index (Phi) is 7.95. The molecule has 0 fully saturated rings. The molecule has 0 aliphatic heterocycles. The van der Waals surface area contributed by atoms with E-state index in [1.807, 2.05) is 0 Å². The van der Waals surface area contributed by atoms with E-state index in [1.54, 1.807) is 13.0 Å². The molecule has 1 unspecified atom stereocenters. The van der Waals surface area contributed by atoms with Crippen molar-refractivity contribution >= 4 is 35.1 Å². The number of rotatable bonds is 4. The third-order valence-electron chi connectivity index (χ3n) is 1.85. The summed E-state index contributed by atoms with van der Waals surface area (Å²) in [6, 6.07) is 4.61. The van der Waals surface area contributed by atoms with Crippen molar-refractivity contribution in [1.82, 2.24) is 0 Å². The highest BCUT2D eigenvalue weighted by atomic mass is 35.5. The molecule has 0 heterocycles. The van der Waals surface area contributed by atoms with Crippen LogP contribution in [0.3, 0.4) is 0 Å². The smallest absolute Gasteiger partial charge is 0.344 e. The van der Waals surface area contributed by atoms with Crippen LogP contribution in [0.4, 0.5) is 0 Å². The molecule has 0 radical (unpaired) electrons. The Bertz CT molecular complexity index is 448. The molecule has 0 amide bonds. The molecule has 1 aromatic rings. The molecule has 0 aliphatic carbocycles. The Hall–Kier alpha value is -1.46. The Morgan fingerprint density at radius 2 is 1.84 bits per heavy atom. The number of hydrogen-bond donors (Lipinski definition) is 2. The van der Waals surface area contributed by atoms with E-state index in [0.717, 1.165) is 0 Å². The third-order valence-corrected chi connectivity index (χ3v) is 2.38. The second-order valence-corrected chi connectivity index (χ2v) is 4.26. The van der Waals surface area contributed by atoms with Crippen molar-refractivity contribution in [3.8, 4) is 5.75 Å². The van der Waals surface area contributed by atoms with Crippen LogP contribution in [0.2, 0.25) is 10.0 Å². The topological polar surface area (TPSA) is 83.8 Å². The summed E-state index contributed by atoms with van der Waals surface area (Å²) in [6.45, 7) is 3.02. The molecule has 0 aliphatic rings. The van der Waals surface area contributed by atoms with Crippen molar-refractivity contribution in [3.63, 3.8) is 0 Å². The van der Waals surface area contributed by atoms with Crippen LogP contribution in [0.15, 0.2) is 18.2 Å². The molecule has 5 nitrogen and oxygen atoms in total. The maximum Gasteiger partial charge on any atom is 0.344 e. The van der Waals surface area contributed by atoms with Crippen LogP contribution in [0, 0.1) is 0 Å². The molecule has 7 heteroatoms. The molecule has 0 saturated heterocycles. The molecule has 1 aromatic carbocycles. The lowest BCUT2D eigenvalue weighted by Gasteiger charge is -2.11. The van der Waals surface area contributed by atoms with Crippen LogP contribution < -0.4 is 4.74 Å². The summed E-state index contributed by atoms with van der Waals surface area (Å²) in [5.41, 5.74) is 0. The molecule has 0 bridgehead atoms. The number of ether oxygens (including phenoxy) is 1. The number of carboxylic acid groups (broad SMARTS) is 2. The Balaban J connectivity index is 0.000000555. The molecule has 1 rings (SSSR count). The van der Waals surface area contributed by atoms with Gasteiger partial charge in [0.05, 0.1) is 5.02 Å². The fraction of sp³-hybridized carbons (Fsp3) is 0.333. The quantitative estimate of drug-likeness (QED) is 0.891. The van der Waals surface area contributed by atoms with Gasteiger partial charge in [-0.15, -0.1) is 0 Å². The van der Waals surface area contributed by atoms with Gasteiger partial charge in [0.25, 0.3) is 0 Å². The van der Waals surface area contributed by atoms with Crippen molar-refractivity contribution in [2.24, 2.45) is 0 Å². The molecule has 0 spiro atoms. The maximum atomic E-state index is 10.5. The first-order valence-electron chi connectivity index (χ1n) is 5.34. The SMILES string of the molecule is CC(Oc1ccc(Cl)cc1Cl)C(=O)O.CCC(=O)O. The van der Waals surface area contributed by atoms with Gasteiger partial charge in [-0.2, -0.15) is 0 Å². The lowest BCUT2D eigenvalue weighted by atomic mass is 10.3. The fourth-order valence-electron chi connectivity index (χ4n) is 0.812. The van der Waals surface area contributed by atoms with E-state index < -0.39 is 18.0 Å². The van der Waals surface area contributed by atoms with Crippen LogP contribution in [0.1, 0.15) is 20.3 Å². The zero-order valence-corrected chi connectivity index (χ0v) is 11.9. The Labute approximate surface area is 120 Å².